The first-order chi connectivity index (χ1) is 12.3. The molecule has 1 aromatic carbocycles. The molecule has 3 rings (SSSR count). The fraction of sp³-hybridized carbons (Fsp3) is 0.438. The highest BCUT2D eigenvalue weighted by molar-refractivity contribution is 7.98. The molecule has 3 unspecified atom stereocenters. The van der Waals surface area contributed by atoms with Gasteiger partial charge in [-0.2, -0.15) is 9.67 Å². The number of ether oxygens (including phenoxy) is 1. The lowest BCUT2D eigenvalue weighted by Gasteiger charge is -2.41. The first-order valence-corrected chi connectivity index (χ1v) is 9.89. The Labute approximate surface area is 165 Å². The van der Waals surface area contributed by atoms with Crippen LogP contribution >= 0.6 is 35.0 Å². The lowest BCUT2D eigenvalue weighted by molar-refractivity contribution is -0.171. The number of nitrogens with one attached hydrogen (secondary N) is 1. The minimum absolute atomic E-state index is 0.187. The molecule has 10 heteroatoms. The first kappa shape index (κ1) is 19.3. The number of nitrogens with zero attached hydrogens (tertiary/aromatic N) is 3. The second kappa shape index (κ2) is 7.26. The summed E-state index contributed by atoms with van der Waals surface area (Å²) >= 11 is 13.7. The second-order valence-electron chi connectivity index (χ2n) is 5.95. The van der Waals surface area contributed by atoms with Crippen molar-refractivity contribution in [3.05, 3.63) is 33.8 Å². The molecule has 0 fully saturated rings. The number of carbonyl (C=O) groups excluding carboxylic acids is 1. The van der Waals surface area contributed by atoms with E-state index in [1.165, 1.54) is 23.4 Å². The molecule has 0 bridgehead atoms. The molecule has 1 aromatic heterocycles. The number of aliphatic hydroxyl groups is 1. The Morgan fingerprint density at radius 2 is 2.23 bits per heavy atom. The average Bonchev–Trinajstić information content (AvgIpc) is 2.98. The van der Waals surface area contributed by atoms with Gasteiger partial charge in [0, 0.05) is 10.0 Å². The molecular formula is C16H18Cl2N4O3S. The van der Waals surface area contributed by atoms with Crippen molar-refractivity contribution in [2.45, 2.75) is 30.8 Å². The average molecular weight is 417 g/mol. The summed E-state index contributed by atoms with van der Waals surface area (Å²) in [5, 5.41) is 20.0. The summed E-state index contributed by atoms with van der Waals surface area (Å²) in [7, 11) is 0. The SMILES string of the molecule is CCOC(=O)C1C(c2ccc(Cl)cc2Cl)Nc2nc(SC)nn2C1(C)O. The van der Waals surface area contributed by atoms with Crippen LogP contribution in [0.5, 0.6) is 0 Å². The number of esters is 1. The molecule has 7 nitrogen and oxygen atoms in total. The number of fused-ring (bicyclic) bond motifs is 1. The highest BCUT2D eigenvalue weighted by atomic mass is 35.5. The number of rotatable bonds is 4. The van der Waals surface area contributed by atoms with Crippen molar-refractivity contribution in [2.75, 3.05) is 18.2 Å². The summed E-state index contributed by atoms with van der Waals surface area (Å²) < 4.78 is 6.51. The van der Waals surface area contributed by atoms with Crippen LogP contribution in [0.15, 0.2) is 23.4 Å². The fourth-order valence-corrected chi connectivity index (χ4v) is 3.93. The van der Waals surface area contributed by atoms with E-state index in [4.69, 9.17) is 27.9 Å². The van der Waals surface area contributed by atoms with Gasteiger partial charge < -0.3 is 15.2 Å². The van der Waals surface area contributed by atoms with Crippen LogP contribution in [0.4, 0.5) is 5.95 Å². The molecule has 2 N–H and O–H groups in total. The molecule has 3 atom stereocenters. The van der Waals surface area contributed by atoms with Gasteiger partial charge in [0.25, 0.3) is 0 Å². The summed E-state index contributed by atoms with van der Waals surface area (Å²) in [5.41, 5.74) is -1.06. The third-order valence-corrected chi connectivity index (χ3v) is 5.34. The fourth-order valence-electron chi connectivity index (χ4n) is 3.06. The lowest BCUT2D eigenvalue weighted by Crippen LogP contribution is -2.52. The number of halogens is 2. The molecule has 1 aliphatic heterocycles. The van der Waals surface area contributed by atoms with Crippen LogP contribution in [-0.2, 0) is 15.3 Å². The summed E-state index contributed by atoms with van der Waals surface area (Å²) in [6.07, 6.45) is 1.83. The van der Waals surface area contributed by atoms with Crippen LogP contribution in [0.25, 0.3) is 0 Å². The zero-order chi connectivity index (χ0) is 19.1. The predicted molar refractivity (Wildman–Crippen MR) is 101 cm³/mol. The van der Waals surface area contributed by atoms with Gasteiger partial charge >= 0.3 is 5.97 Å². The van der Waals surface area contributed by atoms with Gasteiger partial charge in [-0.05, 0) is 37.8 Å². The molecule has 0 spiro atoms. The van der Waals surface area contributed by atoms with Gasteiger partial charge in [0.05, 0.1) is 12.6 Å². The molecule has 1 aliphatic rings. The Morgan fingerprint density at radius 3 is 2.85 bits per heavy atom. The number of hydrogen-bond acceptors (Lipinski definition) is 7. The molecule has 2 heterocycles. The molecule has 2 aromatic rings. The van der Waals surface area contributed by atoms with E-state index in [0.29, 0.717) is 26.7 Å². The van der Waals surface area contributed by atoms with Gasteiger partial charge in [-0.25, -0.2) is 0 Å². The van der Waals surface area contributed by atoms with Crippen molar-refractivity contribution >= 4 is 46.9 Å². The van der Waals surface area contributed by atoms with Crippen LogP contribution in [0.1, 0.15) is 25.5 Å². The van der Waals surface area contributed by atoms with Crippen molar-refractivity contribution < 1.29 is 14.6 Å². The maximum atomic E-state index is 12.7. The lowest BCUT2D eigenvalue weighted by atomic mass is 9.83. The third kappa shape index (κ3) is 3.26. The van der Waals surface area contributed by atoms with E-state index < -0.39 is 23.7 Å². The molecule has 0 radical (unpaired) electrons. The Kier molecular flexibility index (Phi) is 5.39. The molecule has 0 aliphatic carbocycles. The number of benzene rings is 1. The summed E-state index contributed by atoms with van der Waals surface area (Å²) in [6.45, 7) is 3.40. The molecule has 140 valence electrons. The number of hydrogen-bond donors (Lipinski definition) is 2. The van der Waals surface area contributed by atoms with Crippen LogP contribution in [0, 0.1) is 5.92 Å². The number of thioether (sulfide) groups is 1. The molecule has 0 saturated heterocycles. The number of anilines is 1. The minimum atomic E-state index is -1.67. The normalized spacial score (nSPS) is 24.7. The van der Waals surface area contributed by atoms with Gasteiger partial charge in [0.2, 0.25) is 11.1 Å². The largest absolute Gasteiger partial charge is 0.466 e. The smallest absolute Gasteiger partial charge is 0.316 e. The summed E-state index contributed by atoms with van der Waals surface area (Å²) in [5.74, 6) is -1.21. The van der Waals surface area contributed by atoms with Crippen LogP contribution in [0.2, 0.25) is 10.0 Å². The molecular weight excluding hydrogens is 399 g/mol. The third-order valence-electron chi connectivity index (χ3n) is 4.24. The van der Waals surface area contributed by atoms with Crippen molar-refractivity contribution in [3.8, 4) is 0 Å². The minimum Gasteiger partial charge on any atom is -0.466 e. The Morgan fingerprint density at radius 1 is 1.50 bits per heavy atom. The standard InChI is InChI=1S/C16H18Cl2N4O3S/c1-4-25-13(23)11-12(9-6-5-8(17)7-10(9)18)19-14-20-15(26-3)21-22(14)16(11,2)24/h5-7,11-12,24H,4H2,1-3H3,(H,19,20,21). The zero-order valence-corrected chi connectivity index (χ0v) is 16.7. The maximum Gasteiger partial charge on any atom is 0.316 e. The molecule has 26 heavy (non-hydrogen) atoms. The predicted octanol–water partition coefficient (Wildman–Crippen LogP) is 3.32. The highest BCUT2D eigenvalue weighted by Gasteiger charge is 2.52. The quantitative estimate of drug-likeness (QED) is 0.583. The summed E-state index contributed by atoms with van der Waals surface area (Å²) in [4.78, 5) is 17.1. The highest BCUT2D eigenvalue weighted by Crippen LogP contribution is 2.44. The van der Waals surface area contributed by atoms with E-state index in [9.17, 15) is 9.90 Å². The maximum absolute atomic E-state index is 12.7. The Bertz CT molecular complexity index is 843. The number of aromatic nitrogens is 3. The van der Waals surface area contributed by atoms with E-state index in [-0.39, 0.29) is 6.61 Å². The first-order valence-electron chi connectivity index (χ1n) is 7.91. The molecule has 0 saturated carbocycles. The Balaban J connectivity index is 2.15. The zero-order valence-electron chi connectivity index (χ0n) is 14.4. The Hall–Kier alpha value is -1.48. The topological polar surface area (TPSA) is 89.3 Å². The van der Waals surface area contributed by atoms with Crippen molar-refractivity contribution in [3.63, 3.8) is 0 Å². The van der Waals surface area contributed by atoms with Crippen LogP contribution in [0.3, 0.4) is 0 Å². The van der Waals surface area contributed by atoms with Crippen LogP contribution in [-0.4, -0.2) is 38.7 Å². The van der Waals surface area contributed by atoms with E-state index >= 15 is 0 Å². The van der Waals surface area contributed by atoms with E-state index in [1.807, 2.05) is 6.26 Å². The van der Waals surface area contributed by atoms with Gasteiger partial charge in [0.15, 0.2) is 5.72 Å². The van der Waals surface area contributed by atoms with E-state index in [2.05, 4.69) is 15.4 Å². The molecule has 0 amide bonds. The van der Waals surface area contributed by atoms with E-state index in [0.717, 1.165) is 0 Å². The van der Waals surface area contributed by atoms with Gasteiger partial charge in [-0.3, -0.25) is 4.79 Å². The van der Waals surface area contributed by atoms with Gasteiger partial charge in [-0.15, -0.1) is 5.10 Å². The van der Waals surface area contributed by atoms with E-state index in [1.54, 1.807) is 25.1 Å². The van der Waals surface area contributed by atoms with Crippen LogP contribution < -0.4 is 5.32 Å². The van der Waals surface area contributed by atoms with Crippen molar-refractivity contribution in [2.24, 2.45) is 5.92 Å². The monoisotopic (exact) mass is 416 g/mol. The van der Waals surface area contributed by atoms with Gasteiger partial charge in [0.1, 0.15) is 5.92 Å². The summed E-state index contributed by atoms with van der Waals surface area (Å²) in [6, 6.07) is 4.31. The second-order valence-corrected chi connectivity index (χ2v) is 7.56. The van der Waals surface area contributed by atoms with Gasteiger partial charge in [-0.1, -0.05) is 41.0 Å². The van der Waals surface area contributed by atoms with Crippen molar-refractivity contribution in [1.82, 2.24) is 14.8 Å². The van der Waals surface area contributed by atoms with Crippen molar-refractivity contribution in [1.29, 1.82) is 0 Å². The number of carbonyl (C=O) groups is 1.